The molecule has 0 saturated heterocycles. The zero-order chi connectivity index (χ0) is 12.6. The Morgan fingerprint density at radius 3 is 2.71 bits per heavy atom. The Hall–Kier alpha value is -0.820. The second-order valence-corrected chi connectivity index (χ2v) is 5.72. The fourth-order valence-corrected chi connectivity index (χ4v) is 2.98. The van der Waals surface area contributed by atoms with Crippen molar-refractivity contribution < 1.29 is 19.4 Å². The molecule has 90 valence electrons. The molecule has 2 rings (SSSR count). The van der Waals surface area contributed by atoms with Crippen LogP contribution in [-0.2, 0) is 0 Å². The van der Waals surface area contributed by atoms with Gasteiger partial charge in [-0.3, -0.25) is 0 Å². The molecule has 0 aliphatic heterocycles. The summed E-state index contributed by atoms with van der Waals surface area (Å²) in [5.74, 6) is -1.21. The lowest BCUT2D eigenvalue weighted by atomic mass is 10.2. The molecule has 7 heteroatoms. The third-order valence-corrected chi connectivity index (χ3v) is 4.57. The average Bonchev–Trinajstić information content (AvgIpc) is 2.86. The van der Waals surface area contributed by atoms with Crippen molar-refractivity contribution in [1.82, 2.24) is 0 Å². The summed E-state index contributed by atoms with van der Waals surface area (Å²) in [6.07, 6.45) is -1.02. The maximum Gasteiger partial charge on any atom is 0.371 e. The van der Waals surface area contributed by atoms with E-state index in [1.54, 1.807) is 6.07 Å². The average molecular weight is 338 g/mol. The third-order valence-electron chi connectivity index (χ3n) is 2.04. The van der Waals surface area contributed by atoms with E-state index in [1.807, 2.05) is 0 Å². The Labute approximate surface area is 114 Å². The maximum atomic E-state index is 10.6. The number of aliphatic hydroxyl groups excluding tert-OH is 1. The van der Waals surface area contributed by atoms with Crippen molar-refractivity contribution in [3.8, 4) is 0 Å². The van der Waals surface area contributed by atoms with Crippen LogP contribution >= 0.6 is 38.9 Å². The van der Waals surface area contributed by atoms with Gasteiger partial charge in [0.1, 0.15) is 16.2 Å². The number of aromatic carboxylic acids is 1. The molecule has 0 aliphatic carbocycles. The molecule has 1 atom stereocenters. The van der Waals surface area contributed by atoms with Gasteiger partial charge in [0.25, 0.3) is 0 Å². The molecule has 2 heterocycles. The van der Waals surface area contributed by atoms with Crippen molar-refractivity contribution in [2.24, 2.45) is 0 Å². The number of halogens is 2. The van der Waals surface area contributed by atoms with Crippen LogP contribution in [0.1, 0.15) is 27.3 Å². The summed E-state index contributed by atoms with van der Waals surface area (Å²) in [5, 5.41) is 18.7. The minimum absolute atomic E-state index is 0.174. The predicted molar refractivity (Wildman–Crippen MR) is 66.8 cm³/mol. The van der Waals surface area contributed by atoms with Gasteiger partial charge in [0.15, 0.2) is 0 Å². The molecule has 0 fully saturated rings. The minimum Gasteiger partial charge on any atom is -0.475 e. The van der Waals surface area contributed by atoms with Gasteiger partial charge in [0.2, 0.25) is 5.76 Å². The van der Waals surface area contributed by atoms with Crippen molar-refractivity contribution in [2.75, 3.05) is 0 Å². The largest absolute Gasteiger partial charge is 0.475 e. The molecule has 0 aromatic carbocycles. The van der Waals surface area contributed by atoms with Crippen molar-refractivity contribution >= 4 is 44.8 Å². The van der Waals surface area contributed by atoms with E-state index in [-0.39, 0.29) is 11.5 Å². The standard InChI is InChI=1S/C10H6BrClO4S/c11-4-3-7(17-9(4)12)8(13)5-1-2-6(16-5)10(14)15/h1-3,8,13H,(H,14,15). The van der Waals surface area contributed by atoms with Gasteiger partial charge in [-0.2, -0.15) is 0 Å². The van der Waals surface area contributed by atoms with Gasteiger partial charge < -0.3 is 14.6 Å². The van der Waals surface area contributed by atoms with Crippen molar-refractivity contribution in [1.29, 1.82) is 0 Å². The van der Waals surface area contributed by atoms with Crippen molar-refractivity contribution in [2.45, 2.75) is 6.10 Å². The number of carboxylic acid groups (broad SMARTS) is 1. The van der Waals surface area contributed by atoms with E-state index in [1.165, 1.54) is 23.5 Å². The zero-order valence-electron chi connectivity index (χ0n) is 8.18. The highest BCUT2D eigenvalue weighted by molar-refractivity contribution is 9.10. The lowest BCUT2D eigenvalue weighted by molar-refractivity contribution is 0.0655. The highest BCUT2D eigenvalue weighted by atomic mass is 79.9. The topological polar surface area (TPSA) is 70.7 Å². The number of thiophene rings is 1. The quantitative estimate of drug-likeness (QED) is 0.899. The molecule has 1 unspecified atom stereocenters. The molecule has 17 heavy (non-hydrogen) atoms. The maximum absolute atomic E-state index is 10.6. The van der Waals surface area contributed by atoms with E-state index in [0.717, 1.165) is 0 Å². The number of furan rings is 1. The van der Waals surface area contributed by atoms with Gasteiger partial charge in [0.05, 0.1) is 0 Å². The molecular weight excluding hydrogens is 332 g/mol. The number of carbonyl (C=O) groups is 1. The molecular formula is C10H6BrClO4S. The molecule has 0 aliphatic rings. The minimum atomic E-state index is -1.17. The summed E-state index contributed by atoms with van der Waals surface area (Å²) in [6.45, 7) is 0. The highest BCUT2D eigenvalue weighted by Crippen LogP contribution is 2.37. The van der Waals surface area contributed by atoms with Crippen LogP contribution < -0.4 is 0 Å². The van der Waals surface area contributed by atoms with E-state index in [9.17, 15) is 9.90 Å². The lowest BCUT2D eigenvalue weighted by Gasteiger charge is -2.03. The fourth-order valence-electron chi connectivity index (χ4n) is 1.25. The Kier molecular flexibility index (Phi) is 3.58. The molecule has 0 amide bonds. The van der Waals surface area contributed by atoms with Gasteiger partial charge in [-0.05, 0) is 34.1 Å². The van der Waals surface area contributed by atoms with Crippen LogP contribution in [0.25, 0.3) is 0 Å². The fraction of sp³-hybridized carbons (Fsp3) is 0.100. The first kappa shape index (κ1) is 12.6. The molecule has 2 aromatic heterocycles. The summed E-state index contributed by atoms with van der Waals surface area (Å²) in [4.78, 5) is 11.2. The first-order chi connectivity index (χ1) is 7.99. The Bertz CT molecular complexity index is 543. The van der Waals surface area contributed by atoms with Crippen LogP contribution in [-0.4, -0.2) is 16.2 Å². The molecule has 0 spiro atoms. The van der Waals surface area contributed by atoms with E-state index in [4.69, 9.17) is 21.1 Å². The predicted octanol–water partition coefficient (Wildman–Crippen LogP) is 3.54. The molecule has 0 radical (unpaired) electrons. The van der Waals surface area contributed by atoms with Gasteiger partial charge >= 0.3 is 5.97 Å². The van der Waals surface area contributed by atoms with Crippen LogP contribution in [0.3, 0.4) is 0 Å². The molecule has 4 nitrogen and oxygen atoms in total. The second kappa shape index (κ2) is 4.81. The SMILES string of the molecule is O=C(O)c1ccc(C(O)c2cc(Br)c(Cl)s2)o1. The Morgan fingerprint density at radius 1 is 1.53 bits per heavy atom. The molecule has 0 saturated carbocycles. The summed E-state index contributed by atoms with van der Waals surface area (Å²) >= 11 is 10.3. The second-order valence-electron chi connectivity index (χ2n) is 3.18. The van der Waals surface area contributed by atoms with Crippen molar-refractivity contribution in [3.05, 3.63) is 43.4 Å². The summed E-state index contributed by atoms with van der Waals surface area (Å²) in [6, 6.07) is 4.39. The van der Waals surface area contributed by atoms with Gasteiger partial charge in [0, 0.05) is 9.35 Å². The van der Waals surface area contributed by atoms with E-state index in [2.05, 4.69) is 15.9 Å². The summed E-state index contributed by atoms with van der Waals surface area (Å²) in [7, 11) is 0. The normalized spacial score (nSPS) is 12.6. The van der Waals surface area contributed by atoms with E-state index >= 15 is 0 Å². The van der Waals surface area contributed by atoms with Gasteiger partial charge in [-0.1, -0.05) is 11.6 Å². The van der Waals surface area contributed by atoms with Crippen LogP contribution in [0, 0.1) is 0 Å². The van der Waals surface area contributed by atoms with Crippen LogP contribution in [0.2, 0.25) is 4.34 Å². The van der Waals surface area contributed by atoms with E-state index in [0.29, 0.717) is 13.7 Å². The van der Waals surface area contributed by atoms with Gasteiger partial charge in [-0.15, -0.1) is 11.3 Å². The molecule has 2 N–H and O–H groups in total. The summed E-state index contributed by atoms with van der Waals surface area (Å²) < 4.78 is 6.21. The first-order valence-corrected chi connectivity index (χ1v) is 6.43. The Morgan fingerprint density at radius 2 is 2.24 bits per heavy atom. The molecule has 0 bridgehead atoms. The van der Waals surface area contributed by atoms with E-state index < -0.39 is 12.1 Å². The zero-order valence-corrected chi connectivity index (χ0v) is 11.3. The first-order valence-electron chi connectivity index (χ1n) is 4.45. The molecule has 2 aromatic rings. The smallest absolute Gasteiger partial charge is 0.371 e. The van der Waals surface area contributed by atoms with Gasteiger partial charge in [-0.25, -0.2) is 4.79 Å². The Balaban J connectivity index is 2.30. The number of aliphatic hydroxyl groups is 1. The van der Waals surface area contributed by atoms with Crippen LogP contribution in [0.5, 0.6) is 0 Å². The van der Waals surface area contributed by atoms with Crippen LogP contribution in [0.15, 0.2) is 27.1 Å². The third kappa shape index (κ3) is 2.55. The highest BCUT2D eigenvalue weighted by Gasteiger charge is 2.20. The number of carboxylic acids is 1. The number of hydrogen-bond donors (Lipinski definition) is 2. The van der Waals surface area contributed by atoms with Crippen LogP contribution in [0.4, 0.5) is 0 Å². The monoisotopic (exact) mass is 336 g/mol. The number of rotatable bonds is 3. The number of hydrogen-bond acceptors (Lipinski definition) is 4. The summed E-state index contributed by atoms with van der Waals surface area (Å²) in [5.41, 5.74) is 0. The lowest BCUT2D eigenvalue weighted by Crippen LogP contribution is -1.96. The van der Waals surface area contributed by atoms with Crippen molar-refractivity contribution in [3.63, 3.8) is 0 Å².